The number of nitrogens with zero attached hydrogens (tertiary/aromatic N) is 2. The number of nitrogens with two attached hydrogens (primary N) is 1. The highest BCUT2D eigenvalue weighted by atomic mass is 79.9. The fourth-order valence-corrected chi connectivity index (χ4v) is 2.65. The van der Waals surface area contributed by atoms with Gasteiger partial charge >= 0.3 is 0 Å². The van der Waals surface area contributed by atoms with E-state index in [1.165, 1.54) is 4.90 Å². The van der Waals surface area contributed by atoms with Crippen molar-refractivity contribution in [1.29, 1.82) is 0 Å². The molecule has 0 radical (unpaired) electrons. The molecule has 0 spiro atoms. The minimum atomic E-state index is -0.216. The Labute approximate surface area is 118 Å². The zero-order valence-corrected chi connectivity index (χ0v) is 11.9. The van der Waals surface area contributed by atoms with Crippen LogP contribution in [0.1, 0.15) is 18.0 Å². The summed E-state index contributed by atoms with van der Waals surface area (Å²) < 4.78 is 0.997. The van der Waals surface area contributed by atoms with Gasteiger partial charge in [-0.2, -0.15) is 0 Å². The molecule has 2 heterocycles. The molecule has 0 saturated carbocycles. The Kier molecular flexibility index (Phi) is 2.82. The quantitative estimate of drug-likeness (QED) is 0.844. The molecule has 2 aromatic rings. The molecule has 1 aliphatic heterocycles. The molecule has 98 valence electrons. The number of amides is 1. The number of H-pyrrole nitrogens is 1. The van der Waals surface area contributed by atoms with E-state index in [1.807, 2.05) is 24.4 Å². The maximum Gasteiger partial charge on any atom is 0.231 e. The van der Waals surface area contributed by atoms with E-state index in [2.05, 4.69) is 25.9 Å². The number of carbonyl (C=O) groups excluding carboxylic acids is 1. The van der Waals surface area contributed by atoms with Crippen molar-refractivity contribution in [2.45, 2.75) is 12.5 Å². The van der Waals surface area contributed by atoms with Gasteiger partial charge in [-0.1, -0.05) is 15.9 Å². The molecule has 0 aliphatic carbocycles. The predicted octanol–water partition coefficient (Wildman–Crippen LogP) is 2.15. The van der Waals surface area contributed by atoms with Crippen LogP contribution in [0.5, 0.6) is 0 Å². The number of guanidine groups is 1. The van der Waals surface area contributed by atoms with E-state index in [0.717, 1.165) is 20.9 Å². The van der Waals surface area contributed by atoms with Crippen molar-refractivity contribution in [3.8, 4) is 0 Å². The van der Waals surface area contributed by atoms with Gasteiger partial charge < -0.3 is 10.7 Å². The van der Waals surface area contributed by atoms with Crippen molar-refractivity contribution < 1.29 is 4.79 Å². The van der Waals surface area contributed by atoms with Gasteiger partial charge in [-0.3, -0.25) is 9.69 Å². The number of fused-ring (bicyclic) bond motifs is 1. The van der Waals surface area contributed by atoms with Crippen LogP contribution in [0.4, 0.5) is 0 Å². The molecule has 1 aromatic heterocycles. The molecule has 0 bridgehead atoms. The van der Waals surface area contributed by atoms with Gasteiger partial charge in [0.2, 0.25) is 5.91 Å². The number of hydrogen-bond acceptors (Lipinski definition) is 3. The highest BCUT2D eigenvalue weighted by molar-refractivity contribution is 9.10. The molecular weight excluding hydrogens is 308 g/mol. The maximum absolute atomic E-state index is 11.9. The third kappa shape index (κ3) is 2.02. The first-order valence-corrected chi connectivity index (χ1v) is 6.72. The number of aliphatic imine (C=N–C) groups is 1. The Bertz CT molecular complexity index is 691. The third-order valence-corrected chi connectivity index (χ3v) is 3.90. The number of halogens is 1. The first-order valence-electron chi connectivity index (χ1n) is 5.92. The molecule has 3 N–H and O–H groups in total. The van der Waals surface area contributed by atoms with Gasteiger partial charge in [0, 0.05) is 34.2 Å². The standard InChI is InChI=1S/C13H13BrN4O/c1-18-12(19)5-11(17-13(18)15)9-6-16-10-3-2-7(14)4-8(9)10/h2-4,6,11,16H,5H2,1H3,(H2,15,17). The summed E-state index contributed by atoms with van der Waals surface area (Å²) in [5.41, 5.74) is 7.80. The molecule has 5 nitrogen and oxygen atoms in total. The fourth-order valence-electron chi connectivity index (χ4n) is 2.29. The van der Waals surface area contributed by atoms with Crippen LogP contribution in [-0.4, -0.2) is 28.8 Å². The van der Waals surface area contributed by atoms with Crippen molar-refractivity contribution >= 4 is 38.7 Å². The number of rotatable bonds is 1. The largest absolute Gasteiger partial charge is 0.369 e. The van der Waals surface area contributed by atoms with Gasteiger partial charge in [-0.15, -0.1) is 0 Å². The molecule has 0 fully saturated rings. The minimum absolute atomic E-state index is 0.0122. The Morgan fingerprint density at radius 2 is 2.32 bits per heavy atom. The highest BCUT2D eigenvalue weighted by Gasteiger charge is 2.27. The second kappa shape index (κ2) is 4.38. The lowest BCUT2D eigenvalue weighted by atomic mass is 10.0. The molecule has 1 aliphatic rings. The zero-order valence-electron chi connectivity index (χ0n) is 10.4. The van der Waals surface area contributed by atoms with Gasteiger partial charge in [0.15, 0.2) is 5.96 Å². The van der Waals surface area contributed by atoms with Crippen LogP contribution >= 0.6 is 15.9 Å². The van der Waals surface area contributed by atoms with Crippen LogP contribution in [0.2, 0.25) is 0 Å². The number of aromatic amines is 1. The lowest BCUT2D eigenvalue weighted by Gasteiger charge is -2.25. The molecule has 19 heavy (non-hydrogen) atoms. The first kappa shape index (κ1) is 12.2. The van der Waals surface area contributed by atoms with Crippen LogP contribution < -0.4 is 5.73 Å². The van der Waals surface area contributed by atoms with Crippen molar-refractivity contribution in [1.82, 2.24) is 9.88 Å². The van der Waals surface area contributed by atoms with E-state index in [4.69, 9.17) is 5.73 Å². The predicted molar refractivity (Wildman–Crippen MR) is 77.7 cm³/mol. The van der Waals surface area contributed by atoms with E-state index in [0.29, 0.717) is 6.42 Å². The van der Waals surface area contributed by atoms with Gasteiger partial charge in [-0.25, -0.2) is 4.99 Å². The summed E-state index contributed by atoms with van der Waals surface area (Å²) in [6, 6.07) is 5.77. The van der Waals surface area contributed by atoms with Crippen molar-refractivity contribution in [2.75, 3.05) is 7.05 Å². The van der Waals surface area contributed by atoms with Crippen molar-refractivity contribution in [2.24, 2.45) is 10.7 Å². The van der Waals surface area contributed by atoms with Gasteiger partial charge in [0.25, 0.3) is 0 Å². The van der Waals surface area contributed by atoms with Crippen LogP contribution in [0.15, 0.2) is 33.9 Å². The van der Waals surface area contributed by atoms with E-state index in [9.17, 15) is 4.79 Å². The molecule has 1 amide bonds. The summed E-state index contributed by atoms with van der Waals surface area (Å²) in [6.45, 7) is 0. The van der Waals surface area contributed by atoms with E-state index >= 15 is 0 Å². The molecule has 3 rings (SSSR count). The second-order valence-electron chi connectivity index (χ2n) is 4.59. The summed E-state index contributed by atoms with van der Waals surface area (Å²) in [5, 5.41) is 1.06. The normalized spacial score (nSPS) is 19.9. The van der Waals surface area contributed by atoms with Gasteiger partial charge in [0.05, 0.1) is 12.5 Å². The Morgan fingerprint density at radius 3 is 3.05 bits per heavy atom. The smallest absolute Gasteiger partial charge is 0.231 e. The summed E-state index contributed by atoms with van der Waals surface area (Å²) in [4.78, 5) is 20.8. The summed E-state index contributed by atoms with van der Waals surface area (Å²) >= 11 is 3.46. The van der Waals surface area contributed by atoms with Crippen LogP contribution in [0, 0.1) is 0 Å². The van der Waals surface area contributed by atoms with Gasteiger partial charge in [0.1, 0.15) is 0 Å². The molecule has 6 heteroatoms. The van der Waals surface area contributed by atoms with Gasteiger partial charge in [-0.05, 0) is 18.2 Å². The molecule has 1 unspecified atom stereocenters. The molecule has 1 aromatic carbocycles. The Morgan fingerprint density at radius 1 is 1.53 bits per heavy atom. The third-order valence-electron chi connectivity index (χ3n) is 3.41. The molecular formula is C13H13BrN4O. The topological polar surface area (TPSA) is 74.5 Å². The summed E-state index contributed by atoms with van der Waals surface area (Å²) in [5.74, 6) is 0.257. The minimum Gasteiger partial charge on any atom is -0.369 e. The van der Waals surface area contributed by atoms with E-state index in [1.54, 1.807) is 7.05 Å². The Hall–Kier alpha value is -1.82. The highest BCUT2D eigenvalue weighted by Crippen LogP contribution is 2.32. The number of nitrogens with one attached hydrogen (secondary N) is 1. The maximum atomic E-state index is 11.9. The zero-order chi connectivity index (χ0) is 13.6. The van der Waals surface area contributed by atoms with Crippen LogP contribution in [0.25, 0.3) is 10.9 Å². The lowest BCUT2D eigenvalue weighted by molar-refractivity contribution is -0.127. The summed E-state index contributed by atoms with van der Waals surface area (Å²) in [7, 11) is 1.64. The fraction of sp³-hybridized carbons (Fsp3) is 0.231. The average Bonchev–Trinajstić information content (AvgIpc) is 2.78. The van der Waals surface area contributed by atoms with Crippen LogP contribution in [0.3, 0.4) is 0 Å². The number of carbonyl (C=O) groups is 1. The van der Waals surface area contributed by atoms with E-state index in [-0.39, 0.29) is 17.9 Å². The number of benzene rings is 1. The monoisotopic (exact) mass is 320 g/mol. The Balaban J connectivity index is 2.10. The molecule has 1 atom stereocenters. The SMILES string of the molecule is CN1C(=O)CC(c2c[nH]c3ccc(Br)cc23)N=C1N. The van der Waals surface area contributed by atoms with Crippen LogP contribution in [-0.2, 0) is 4.79 Å². The lowest BCUT2D eigenvalue weighted by Crippen LogP contribution is -2.42. The first-order chi connectivity index (χ1) is 9.06. The summed E-state index contributed by atoms with van der Waals surface area (Å²) in [6.07, 6.45) is 2.24. The molecule has 0 saturated heterocycles. The second-order valence-corrected chi connectivity index (χ2v) is 5.51. The van der Waals surface area contributed by atoms with Crippen molar-refractivity contribution in [3.05, 3.63) is 34.4 Å². The average molecular weight is 321 g/mol. The number of hydrogen-bond donors (Lipinski definition) is 2. The van der Waals surface area contributed by atoms with Crippen molar-refractivity contribution in [3.63, 3.8) is 0 Å². The van der Waals surface area contributed by atoms with E-state index < -0.39 is 0 Å². The number of aromatic nitrogens is 1.